The molecule has 0 rings (SSSR count). The van der Waals surface area contributed by atoms with Gasteiger partial charge in [0.25, 0.3) is 7.82 Å². The molecule has 0 aliphatic heterocycles. The molecule has 1 unspecified atom stereocenters. The number of unbranched alkanes of at least 4 members (excludes halogenated alkanes) is 11. The molecule has 0 aromatic heterocycles. The zero-order valence-electron chi connectivity index (χ0n) is 19.9. The largest absolute Gasteiger partial charge is 0.756 e. The van der Waals surface area contributed by atoms with Crippen LogP contribution in [0, 0.1) is 0 Å². The van der Waals surface area contributed by atoms with Crippen LogP contribution >= 0.6 is 7.82 Å². The molecule has 0 fully saturated rings. The minimum atomic E-state index is -4.49. The fourth-order valence-corrected chi connectivity index (χ4v) is 3.79. The van der Waals surface area contributed by atoms with Crippen molar-refractivity contribution in [2.75, 3.05) is 26.4 Å². The number of ether oxygens (including phenoxy) is 1. The first-order chi connectivity index (χ1) is 15.4. The van der Waals surface area contributed by atoms with Crippen molar-refractivity contribution in [1.29, 1.82) is 0 Å². The van der Waals surface area contributed by atoms with E-state index in [9.17, 15) is 19.4 Å². The van der Waals surface area contributed by atoms with Crippen molar-refractivity contribution >= 4 is 13.8 Å². The van der Waals surface area contributed by atoms with E-state index < -0.39 is 26.5 Å². The molecule has 9 heteroatoms. The third kappa shape index (κ3) is 22.4. The molecule has 0 spiro atoms. The van der Waals surface area contributed by atoms with E-state index in [0.29, 0.717) is 0 Å². The number of hydrogen-bond acceptors (Lipinski definition) is 8. The molecule has 0 radical (unpaired) electrons. The van der Waals surface area contributed by atoms with E-state index in [-0.39, 0.29) is 26.2 Å². The summed E-state index contributed by atoms with van der Waals surface area (Å²) >= 11 is 0. The standard InChI is InChI=1S/C23H46NO7P/c1-2-3-4-5-6-7-8-9-10-11-12-13-14-15-16-17-23(26)29-20-22(25)21-31-32(27,28)30-19-18-24/h9-10,22,25H,2-8,11-21,24H2,1H3,(H,27,28)/p-1/b10-9-/t22-/m1/s1. The summed E-state index contributed by atoms with van der Waals surface area (Å²) in [5, 5.41) is 9.64. The number of hydrogen-bond donors (Lipinski definition) is 2. The Bertz CT molecular complexity index is 517. The molecule has 190 valence electrons. The molecule has 0 bridgehead atoms. The number of carbonyl (C=O) groups is 1. The summed E-state index contributed by atoms with van der Waals surface area (Å²) < 4.78 is 25.2. The monoisotopic (exact) mass is 478 g/mol. The molecule has 0 aliphatic carbocycles. The Kier molecular flexibility index (Phi) is 21.5. The zero-order valence-corrected chi connectivity index (χ0v) is 20.8. The van der Waals surface area contributed by atoms with E-state index in [2.05, 4.69) is 28.1 Å². The molecule has 0 saturated carbocycles. The highest BCUT2D eigenvalue weighted by Gasteiger charge is 2.14. The Labute approximate surface area is 194 Å². The van der Waals surface area contributed by atoms with E-state index in [0.717, 1.165) is 32.1 Å². The Balaban J connectivity index is 3.49. The predicted molar refractivity (Wildman–Crippen MR) is 125 cm³/mol. The van der Waals surface area contributed by atoms with Gasteiger partial charge in [0, 0.05) is 13.0 Å². The van der Waals surface area contributed by atoms with Gasteiger partial charge < -0.3 is 29.5 Å². The van der Waals surface area contributed by atoms with Crippen LogP contribution in [0.2, 0.25) is 0 Å². The van der Waals surface area contributed by atoms with Crippen LogP contribution < -0.4 is 10.6 Å². The average Bonchev–Trinajstić information content (AvgIpc) is 2.77. The molecule has 0 aromatic rings. The second kappa shape index (κ2) is 22.1. The smallest absolute Gasteiger partial charge is 0.305 e. The number of phosphoric acid groups is 1. The lowest BCUT2D eigenvalue weighted by Crippen LogP contribution is -2.25. The summed E-state index contributed by atoms with van der Waals surface area (Å²) in [6.07, 6.45) is 19.1. The summed E-state index contributed by atoms with van der Waals surface area (Å²) in [4.78, 5) is 23.0. The van der Waals surface area contributed by atoms with Crippen LogP contribution in [-0.4, -0.2) is 43.5 Å². The summed E-state index contributed by atoms with van der Waals surface area (Å²) in [6, 6.07) is 0. The van der Waals surface area contributed by atoms with Crippen molar-refractivity contribution in [1.82, 2.24) is 0 Å². The summed E-state index contributed by atoms with van der Waals surface area (Å²) in [7, 11) is -4.49. The fourth-order valence-electron chi connectivity index (χ4n) is 3.03. The van der Waals surface area contributed by atoms with Crippen molar-refractivity contribution in [2.45, 2.75) is 103 Å². The number of phosphoric ester groups is 1. The first kappa shape index (κ1) is 31.2. The van der Waals surface area contributed by atoms with Gasteiger partial charge in [-0.15, -0.1) is 0 Å². The van der Waals surface area contributed by atoms with Crippen molar-refractivity contribution in [3.05, 3.63) is 12.2 Å². The molecule has 2 atom stereocenters. The lowest BCUT2D eigenvalue weighted by atomic mass is 10.1. The Morgan fingerprint density at radius 3 is 2.09 bits per heavy atom. The lowest BCUT2D eigenvalue weighted by molar-refractivity contribution is -0.227. The van der Waals surface area contributed by atoms with Gasteiger partial charge in [0.15, 0.2) is 0 Å². The van der Waals surface area contributed by atoms with Crippen LogP contribution in [0.4, 0.5) is 0 Å². The maximum atomic E-state index is 11.7. The summed E-state index contributed by atoms with van der Waals surface area (Å²) in [5.74, 6) is -0.411. The molecular weight excluding hydrogens is 433 g/mol. The van der Waals surface area contributed by atoms with E-state index in [1.807, 2.05) is 0 Å². The molecule has 0 aliphatic rings. The second-order valence-electron chi connectivity index (χ2n) is 8.04. The predicted octanol–water partition coefficient (Wildman–Crippen LogP) is 4.39. The summed E-state index contributed by atoms with van der Waals surface area (Å²) in [6.45, 7) is 1.23. The quantitative estimate of drug-likeness (QED) is 0.0957. The third-order valence-corrected chi connectivity index (χ3v) is 5.84. The number of carbonyl (C=O) groups excluding carboxylic acids is 1. The molecular formula is C23H45NO7P-. The van der Waals surface area contributed by atoms with Crippen LogP contribution in [0.15, 0.2) is 12.2 Å². The van der Waals surface area contributed by atoms with Crippen molar-refractivity contribution < 1.29 is 33.1 Å². The van der Waals surface area contributed by atoms with Gasteiger partial charge in [0.2, 0.25) is 0 Å². The number of esters is 1. The third-order valence-electron chi connectivity index (χ3n) is 4.87. The SMILES string of the molecule is CCCCCCCC/C=C\CCCCCCCC(=O)OC[C@@H](O)COP(=O)([O-])OCCN. The van der Waals surface area contributed by atoms with Gasteiger partial charge in [0.05, 0.1) is 13.2 Å². The number of aliphatic hydroxyl groups excluding tert-OH is 1. The van der Waals surface area contributed by atoms with Crippen molar-refractivity contribution in [3.63, 3.8) is 0 Å². The Hall–Kier alpha value is -0.760. The minimum absolute atomic E-state index is 0.0338. The van der Waals surface area contributed by atoms with Gasteiger partial charge in [0.1, 0.15) is 12.7 Å². The Morgan fingerprint density at radius 2 is 1.50 bits per heavy atom. The van der Waals surface area contributed by atoms with Crippen molar-refractivity contribution in [2.24, 2.45) is 5.73 Å². The van der Waals surface area contributed by atoms with Crippen LogP contribution in [0.25, 0.3) is 0 Å². The topological polar surface area (TPSA) is 131 Å². The zero-order chi connectivity index (χ0) is 23.9. The Morgan fingerprint density at radius 1 is 0.938 bits per heavy atom. The van der Waals surface area contributed by atoms with Gasteiger partial charge in [-0.1, -0.05) is 70.4 Å². The molecule has 32 heavy (non-hydrogen) atoms. The first-order valence-electron chi connectivity index (χ1n) is 12.2. The van der Waals surface area contributed by atoms with E-state index in [1.54, 1.807) is 0 Å². The highest BCUT2D eigenvalue weighted by molar-refractivity contribution is 7.45. The minimum Gasteiger partial charge on any atom is -0.756 e. The fraction of sp³-hybridized carbons (Fsp3) is 0.870. The first-order valence-corrected chi connectivity index (χ1v) is 13.7. The van der Waals surface area contributed by atoms with Gasteiger partial charge in [-0.05, 0) is 32.1 Å². The molecule has 8 nitrogen and oxygen atoms in total. The number of allylic oxidation sites excluding steroid dienone is 2. The molecule has 3 N–H and O–H groups in total. The molecule has 0 aromatic carbocycles. The van der Waals surface area contributed by atoms with Gasteiger partial charge >= 0.3 is 5.97 Å². The lowest BCUT2D eigenvalue weighted by Gasteiger charge is -2.23. The number of nitrogens with two attached hydrogens (primary N) is 1. The van der Waals surface area contributed by atoms with Crippen LogP contribution in [0.5, 0.6) is 0 Å². The normalized spacial score (nSPS) is 14.5. The number of aliphatic hydroxyl groups is 1. The van der Waals surface area contributed by atoms with E-state index in [1.165, 1.54) is 51.4 Å². The van der Waals surface area contributed by atoms with Crippen LogP contribution in [0.1, 0.15) is 96.8 Å². The van der Waals surface area contributed by atoms with Crippen LogP contribution in [-0.2, 0) is 23.1 Å². The maximum Gasteiger partial charge on any atom is 0.305 e. The van der Waals surface area contributed by atoms with E-state index >= 15 is 0 Å². The average molecular weight is 479 g/mol. The van der Waals surface area contributed by atoms with Crippen LogP contribution in [0.3, 0.4) is 0 Å². The molecule has 0 saturated heterocycles. The second-order valence-corrected chi connectivity index (χ2v) is 9.45. The maximum absolute atomic E-state index is 11.7. The van der Waals surface area contributed by atoms with Gasteiger partial charge in [-0.3, -0.25) is 9.36 Å². The molecule has 0 heterocycles. The highest BCUT2D eigenvalue weighted by atomic mass is 31.2. The van der Waals surface area contributed by atoms with Gasteiger partial charge in [-0.2, -0.15) is 0 Å². The molecule has 0 amide bonds. The number of rotatable bonds is 23. The van der Waals surface area contributed by atoms with Gasteiger partial charge in [-0.25, -0.2) is 0 Å². The highest BCUT2D eigenvalue weighted by Crippen LogP contribution is 2.37. The van der Waals surface area contributed by atoms with Crippen molar-refractivity contribution in [3.8, 4) is 0 Å². The summed E-state index contributed by atoms with van der Waals surface area (Å²) in [5.41, 5.74) is 5.14. The van der Waals surface area contributed by atoms with E-state index in [4.69, 9.17) is 10.5 Å².